The van der Waals surface area contributed by atoms with Crippen LogP contribution in [0.5, 0.6) is 0 Å². The summed E-state index contributed by atoms with van der Waals surface area (Å²) < 4.78 is 5.28. The summed E-state index contributed by atoms with van der Waals surface area (Å²) in [5, 5.41) is 0. The molecule has 1 unspecified atom stereocenters. The monoisotopic (exact) mass is 359 g/mol. The van der Waals surface area contributed by atoms with Gasteiger partial charge in [-0.15, -0.1) is 0 Å². The molecule has 3 fully saturated rings. The van der Waals surface area contributed by atoms with Crippen LogP contribution in [0.4, 0.5) is 0 Å². The molecule has 1 aromatic rings. The van der Waals surface area contributed by atoms with Crippen molar-refractivity contribution in [3.8, 4) is 0 Å². The molecule has 26 heavy (non-hydrogen) atoms. The number of likely N-dealkylation sites (N-methyl/N-ethyl adjacent to an activating group) is 1. The summed E-state index contributed by atoms with van der Waals surface area (Å²) in [5.41, 5.74) is 0.868. The number of rotatable bonds is 2. The first-order chi connectivity index (χ1) is 12.5. The second kappa shape index (κ2) is 6.72. The minimum absolute atomic E-state index is 0.0762. The second-order valence-electron chi connectivity index (χ2n) is 8.41. The van der Waals surface area contributed by atoms with E-state index in [9.17, 15) is 9.59 Å². The lowest BCUT2D eigenvalue weighted by Gasteiger charge is -2.49. The highest BCUT2D eigenvalue weighted by Crippen LogP contribution is 2.41. The SMILES string of the molecule is Cc1occc1C(=O)N1CCC2(CCC(=O)N(C3CCN(C)C3)C2)CC1. The van der Waals surface area contributed by atoms with Crippen molar-refractivity contribution >= 4 is 11.8 Å². The van der Waals surface area contributed by atoms with E-state index in [1.54, 1.807) is 12.3 Å². The maximum atomic E-state index is 12.7. The molecule has 6 heteroatoms. The van der Waals surface area contributed by atoms with E-state index in [0.717, 1.165) is 58.4 Å². The summed E-state index contributed by atoms with van der Waals surface area (Å²) >= 11 is 0. The van der Waals surface area contributed by atoms with Gasteiger partial charge < -0.3 is 19.1 Å². The summed E-state index contributed by atoms with van der Waals surface area (Å²) in [6.45, 7) is 6.32. The van der Waals surface area contributed by atoms with Gasteiger partial charge in [0.2, 0.25) is 5.91 Å². The normalized spacial score (nSPS) is 26.7. The Labute approximate surface area is 155 Å². The number of hydrogen-bond acceptors (Lipinski definition) is 4. The molecule has 1 spiro atoms. The van der Waals surface area contributed by atoms with Crippen LogP contribution >= 0.6 is 0 Å². The van der Waals surface area contributed by atoms with Crippen LogP contribution in [0.2, 0.25) is 0 Å². The molecule has 6 nitrogen and oxygen atoms in total. The Morgan fingerprint density at radius 2 is 2.00 bits per heavy atom. The standard InChI is InChI=1S/C20H29N3O3/c1-15-17(5-12-26-15)19(25)22-10-7-20(8-11-22)6-3-18(24)23(14-20)16-4-9-21(2)13-16/h5,12,16H,3-4,6-11,13-14H2,1-2H3. The molecular formula is C20H29N3O3. The van der Waals surface area contributed by atoms with Crippen molar-refractivity contribution in [2.75, 3.05) is 39.8 Å². The van der Waals surface area contributed by atoms with Crippen LogP contribution in [0.25, 0.3) is 0 Å². The molecule has 1 aromatic heterocycles. The van der Waals surface area contributed by atoms with E-state index in [0.29, 0.717) is 29.7 Å². The maximum Gasteiger partial charge on any atom is 0.257 e. The lowest BCUT2D eigenvalue weighted by Crippen LogP contribution is -2.55. The van der Waals surface area contributed by atoms with Crippen molar-refractivity contribution in [2.45, 2.75) is 45.1 Å². The molecular weight excluding hydrogens is 330 g/mol. The molecule has 4 heterocycles. The maximum absolute atomic E-state index is 12.7. The summed E-state index contributed by atoms with van der Waals surface area (Å²) in [4.78, 5) is 31.6. The van der Waals surface area contributed by atoms with Crippen LogP contribution < -0.4 is 0 Å². The van der Waals surface area contributed by atoms with Crippen molar-refractivity contribution in [2.24, 2.45) is 5.41 Å². The topological polar surface area (TPSA) is 57.0 Å². The largest absolute Gasteiger partial charge is 0.469 e. The minimum Gasteiger partial charge on any atom is -0.469 e. The molecule has 4 rings (SSSR count). The minimum atomic E-state index is 0.0762. The summed E-state index contributed by atoms with van der Waals surface area (Å²) in [7, 11) is 2.13. The highest BCUT2D eigenvalue weighted by molar-refractivity contribution is 5.95. The fourth-order valence-electron chi connectivity index (χ4n) is 4.91. The van der Waals surface area contributed by atoms with E-state index in [4.69, 9.17) is 4.42 Å². The number of amides is 2. The number of hydrogen-bond donors (Lipinski definition) is 0. The van der Waals surface area contributed by atoms with E-state index in [1.807, 2.05) is 11.8 Å². The Kier molecular flexibility index (Phi) is 4.55. The second-order valence-corrected chi connectivity index (χ2v) is 8.41. The molecule has 0 N–H and O–H groups in total. The zero-order chi connectivity index (χ0) is 18.3. The third-order valence-electron chi connectivity index (χ3n) is 6.70. The molecule has 0 bridgehead atoms. The number of aryl methyl sites for hydroxylation is 1. The van der Waals surface area contributed by atoms with Crippen molar-refractivity contribution < 1.29 is 14.0 Å². The number of furan rings is 1. The predicted octanol–water partition coefficient (Wildman–Crippen LogP) is 2.14. The summed E-state index contributed by atoms with van der Waals surface area (Å²) in [6, 6.07) is 2.14. The number of carbonyl (C=O) groups is 2. The zero-order valence-corrected chi connectivity index (χ0v) is 15.9. The van der Waals surface area contributed by atoms with Crippen LogP contribution in [-0.4, -0.2) is 72.3 Å². The molecule has 2 amide bonds. The third-order valence-corrected chi connectivity index (χ3v) is 6.70. The van der Waals surface area contributed by atoms with Gasteiger partial charge in [-0.25, -0.2) is 0 Å². The van der Waals surface area contributed by atoms with E-state index in [1.165, 1.54) is 0 Å². The zero-order valence-electron chi connectivity index (χ0n) is 15.9. The van der Waals surface area contributed by atoms with Gasteiger partial charge >= 0.3 is 0 Å². The fraction of sp³-hybridized carbons (Fsp3) is 0.700. The van der Waals surface area contributed by atoms with E-state index < -0.39 is 0 Å². The van der Waals surface area contributed by atoms with E-state index in [-0.39, 0.29) is 11.3 Å². The highest BCUT2D eigenvalue weighted by atomic mass is 16.3. The van der Waals surface area contributed by atoms with Gasteiger partial charge in [0.1, 0.15) is 5.76 Å². The lowest BCUT2D eigenvalue weighted by atomic mass is 9.72. The van der Waals surface area contributed by atoms with E-state index in [2.05, 4.69) is 16.8 Å². The Morgan fingerprint density at radius 1 is 1.23 bits per heavy atom. The molecule has 0 radical (unpaired) electrons. The van der Waals surface area contributed by atoms with Crippen molar-refractivity contribution in [1.29, 1.82) is 0 Å². The Hall–Kier alpha value is -1.82. The van der Waals surface area contributed by atoms with Crippen molar-refractivity contribution in [3.05, 3.63) is 23.7 Å². The van der Waals surface area contributed by atoms with Crippen LogP contribution in [0.1, 0.15) is 48.2 Å². The van der Waals surface area contributed by atoms with E-state index >= 15 is 0 Å². The number of carbonyl (C=O) groups excluding carboxylic acids is 2. The van der Waals surface area contributed by atoms with Gasteiger partial charge in [0.25, 0.3) is 5.91 Å². The average molecular weight is 359 g/mol. The molecule has 0 aliphatic carbocycles. The van der Waals surface area contributed by atoms with Gasteiger partial charge in [0.05, 0.1) is 11.8 Å². The van der Waals surface area contributed by atoms with Crippen molar-refractivity contribution in [3.63, 3.8) is 0 Å². The number of likely N-dealkylation sites (tertiary alicyclic amines) is 3. The molecule has 142 valence electrons. The molecule has 3 aliphatic rings. The van der Waals surface area contributed by atoms with Gasteiger partial charge in [-0.05, 0) is 57.7 Å². The Morgan fingerprint density at radius 3 is 2.62 bits per heavy atom. The number of piperidine rings is 2. The molecule has 0 saturated carbocycles. The summed E-state index contributed by atoms with van der Waals surface area (Å²) in [5.74, 6) is 1.09. The predicted molar refractivity (Wildman–Crippen MR) is 97.9 cm³/mol. The first-order valence-corrected chi connectivity index (χ1v) is 9.79. The summed E-state index contributed by atoms with van der Waals surface area (Å²) in [6.07, 6.45) is 6.27. The fourth-order valence-corrected chi connectivity index (χ4v) is 4.91. The van der Waals surface area contributed by atoms with Crippen LogP contribution in [0.15, 0.2) is 16.7 Å². The van der Waals surface area contributed by atoms with Gasteiger partial charge in [-0.3, -0.25) is 9.59 Å². The third kappa shape index (κ3) is 3.15. The smallest absolute Gasteiger partial charge is 0.257 e. The average Bonchev–Trinajstić information content (AvgIpc) is 3.26. The van der Waals surface area contributed by atoms with Gasteiger partial charge in [0.15, 0.2) is 0 Å². The molecule has 0 aromatic carbocycles. The van der Waals surface area contributed by atoms with Gasteiger partial charge in [0, 0.05) is 38.6 Å². The highest BCUT2D eigenvalue weighted by Gasteiger charge is 2.44. The number of nitrogens with zero attached hydrogens (tertiary/aromatic N) is 3. The molecule has 3 aliphatic heterocycles. The van der Waals surface area contributed by atoms with Gasteiger partial charge in [-0.1, -0.05) is 0 Å². The lowest BCUT2D eigenvalue weighted by molar-refractivity contribution is -0.141. The molecule has 3 saturated heterocycles. The first-order valence-electron chi connectivity index (χ1n) is 9.79. The van der Waals surface area contributed by atoms with Gasteiger partial charge in [-0.2, -0.15) is 0 Å². The van der Waals surface area contributed by atoms with Crippen LogP contribution in [0.3, 0.4) is 0 Å². The first kappa shape index (κ1) is 17.6. The Balaban J connectivity index is 1.40. The Bertz CT molecular complexity index is 690. The quantitative estimate of drug-likeness (QED) is 0.812. The van der Waals surface area contributed by atoms with Crippen LogP contribution in [-0.2, 0) is 4.79 Å². The van der Waals surface area contributed by atoms with Crippen LogP contribution in [0, 0.1) is 12.3 Å². The molecule has 1 atom stereocenters. The van der Waals surface area contributed by atoms with Crippen molar-refractivity contribution in [1.82, 2.24) is 14.7 Å².